The van der Waals surface area contributed by atoms with Gasteiger partial charge in [0, 0.05) is 5.56 Å². The zero-order valence-electron chi connectivity index (χ0n) is 15.6. The van der Waals surface area contributed by atoms with Gasteiger partial charge in [-0.05, 0) is 30.5 Å². The number of methoxy groups -OCH3 is 1. The van der Waals surface area contributed by atoms with E-state index in [0.717, 1.165) is 12.8 Å². The Morgan fingerprint density at radius 3 is 2.14 bits per heavy atom. The second kappa shape index (κ2) is 9.94. The summed E-state index contributed by atoms with van der Waals surface area (Å²) in [5.41, 5.74) is 1.53. The van der Waals surface area contributed by atoms with Crippen LogP contribution in [0.4, 0.5) is 8.78 Å². The topological polar surface area (TPSA) is 75.6 Å². The molecule has 0 saturated heterocycles. The molecule has 0 heterocycles. The van der Waals surface area contributed by atoms with Crippen LogP contribution in [0.15, 0.2) is 48.5 Å². The molecule has 1 saturated carbocycles. The first-order valence-electron chi connectivity index (χ1n) is 8.94. The number of hydrogen-bond donors (Lipinski definition) is 2. The van der Waals surface area contributed by atoms with Gasteiger partial charge >= 0.3 is 5.97 Å². The molecule has 150 valence electrons. The van der Waals surface area contributed by atoms with Crippen LogP contribution in [0.1, 0.15) is 36.8 Å². The number of hydroxylamine groups is 1. The molecule has 0 unspecified atom stereocenters. The first kappa shape index (κ1) is 21.5. The van der Waals surface area contributed by atoms with E-state index in [1.165, 1.54) is 19.2 Å². The first-order chi connectivity index (χ1) is 13.4. The Morgan fingerprint density at radius 1 is 1.04 bits per heavy atom. The Morgan fingerprint density at radius 2 is 1.61 bits per heavy atom. The minimum absolute atomic E-state index is 0.0107. The Balaban J connectivity index is 0.000000209. The first-order valence-corrected chi connectivity index (χ1v) is 8.94. The Kier molecular flexibility index (Phi) is 7.63. The van der Waals surface area contributed by atoms with E-state index in [1.807, 2.05) is 0 Å². The van der Waals surface area contributed by atoms with Crippen molar-refractivity contribution in [3.63, 3.8) is 0 Å². The van der Waals surface area contributed by atoms with Crippen molar-refractivity contribution in [2.24, 2.45) is 0 Å². The fraction of sp³-hybridized carbons (Fsp3) is 0.333. The quantitative estimate of drug-likeness (QED) is 0.474. The average Bonchev–Trinajstić information content (AvgIpc) is 3.20. The lowest BCUT2D eigenvalue weighted by atomic mass is 9.78. The monoisotopic (exact) mass is 391 g/mol. The summed E-state index contributed by atoms with van der Waals surface area (Å²) in [6.07, 6.45) is 2.91. The molecule has 0 spiro atoms. The third-order valence-corrected chi connectivity index (χ3v) is 4.90. The smallest absolute Gasteiger partial charge is 0.310 e. The number of rotatable bonds is 4. The predicted molar refractivity (Wildman–Crippen MR) is 98.6 cm³/mol. The predicted octanol–water partition coefficient (Wildman–Crippen LogP) is 3.68. The highest BCUT2D eigenvalue weighted by atomic mass is 19.1. The van der Waals surface area contributed by atoms with Crippen LogP contribution >= 0.6 is 0 Å². The summed E-state index contributed by atoms with van der Waals surface area (Å²) < 4.78 is 31.0. The molecule has 1 fully saturated rings. The van der Waals surface area contributed by atoms with Gasteiger partial charge in [-0.25, -0.2) is 14.3 Å². The van der Waals surface area contributed by atoms with Crippen LogP contribution in [0.2, 0.25) is 0 Å². The number of carbonyl (C=O) groups is 2. The van der Waals surface area contributed by atoms with Crippen molar-refractivity contribution in [1.29, 1.82) is 0 Å². The molecular formula is C21H23F2NO4. The van der Waals surface area contributed by atoms with Gasteiger partial charge in [0.1, 0.15) is 11.6 Å². The van der Waals surface area contributed by atoms with Crippen molar-refractivity contribution in [3.8, 4) is 0 Å². The molecule has 1 aliphatic rings. The minimum Gasteiger partial charge on any atom is -0.469 e. The lowest BCUT2D eigenvalue weighted by Gasteiger charge is -2.27. The van der Waals surface area contributed by atoms with E-state index in [2.05, 4.69) is 4.74 Å². The molecule has 0 bridgehead atoms. The lowest BCUT2D eigenvalue weighted by Crippen LogP contribution is -2.41. The molecule has 28 heavy (non-hydrogen) atoms. The van der Waals surface area contributed by atoms with Gasteiger partial charge in [0.15, 0.2) is 0 Å². The van der Waals surface area contributed by atoms with Crippen molar-refractivity contribution in [1.82, 2.24) is 5.48 Å². The second-order valence-corrected chi connectivity index (χ2v) is 6.55. The maximum atomic E-state index is 13.7. The molecule has 2 aromatic rings. The molecule has 2 N–H and O–H groups in total. The zero-order chi connectivity index (χ0) is 20.6. The van der Waals surface area contributed by atoms with Gasteiger partial charge in [-0.1, -0.05) is 49.2 Å². The molecule has 1 aliphatic carbocycles. The fourth-order valence-electron chi connectivity index (χ4n) is 3.42. The van der Waals surface area contributed by atoms with Crippen LogP contribution in [-0.4, -0.2) is 24.2 Å². The number of amides is 1. The van der Waals surface area contributed by atoms with Gasteiger partial charge in [0.05, 0.1) is 18.9 Å². The van der Waals surface area contributed by atoms with Crippen LogP contribution in [0.5, 0.6) is 0 Å². The Labute approximate surface area is 162 Å². The third kappa shape index (κ3) is 4.92. The number of nitrogens with one attached hydrogen (secondary N) is 1. The number of esters is 1. The number of halogens is 2. The van der Waals surface area contributed by atoms with Gasteiger partial charge in [0.25, 0.3) is 5.91 Å². The zero-order valence-corrected chi connectivity index (χ0v) is 15.6. The van der Waals surface area contributed by atoms with Gasteiger partial charge in [0.2, 0.25) is 0 Å². The summed E-state index contributed by atoms with van der Waals surface area (Å²) in [6, 6.07) is 12.4. The minimum atomic E-state index is -0.889. The third-order valence-electron chi connectivity index (χ3n) is 4.90. The van der Waals surface area contributed by atoms with Crippen LogP contribution in [0.3, 0.4) is 0 Å². The molecule has 3 rings (SSSR count). The molecule has 2 aromatic carbocycles. The normalized spacial score (nSPS) is 14.6. The summed E-state index contributed by atoms with van der Waals surface area (Å²) >= 11 is 0. The van der Waals surface area contributed by atoms with E-state index < -0.39 is 17.3 Å². The fourth-order valence-corrected chi connectivity index (χ4v) is 3.42. The molecule has 7 heteroatoms. The summed E-state index contributed by atoms with van der Waals surface area (Å²) in [4.78, 5) is 22.5. The van der Waals surface area contributed by atoms with Crippen molar-refractivity contribution >= 4 is 11.9 Å². The van der Waals surface area contributed by atoms with E-state index in [-0.39, 0.29) is 18.1 Å². The summed E-state index contributed by atoms with van der Waals surface area (Å²) in [5.74, 6) is -1.69. The van der Waals surface area contributed by atoms with Crippen molar-refractivity contribution in [3.05, 3.63) is 71.3 Å². The molecule has 0 aliphatic heterocycles. The maximum absolute atomic E-state index is 13.7. The van der Waals surface area contributed by atoms with Crippen LogP contribution in [0, 0.1) is 11.6 Å². The van der Waals surface area contributed by atoms with Crippen LogP contribution < -0.4 is 5.48 Å². The number of ether oxygens (including phenoxy) is 1. The summed E-state index contributed by atoms with van der Waals surface area (Å²) in [6.45, 7) is 0. The largest absolute Gasteiger partial charge is 0.469 e. The van der Waals surface area contributed by atoms with Crippen LogP contribution in [-0.2, 0) is 26.2 Å². The highest BCUT2D eigenvalue weighted by Crippen LogP contribution is 2.42. The molecule has 1 amide bonds. The molecule has 0 aromatic heterocycles. The standard InChI is InChI=1S/C12H14FNO2.C9H9FO2/c13-10-6-2-1-5-9(10)12(11(15)14-16)7-3-4-8-12;1-12-9(11)6-7-4-2-3-5-8(7)10/h1-2,5-6,16H,3-4,7-8H2,(H,14,15);2-5H,6H2,1H3. The number of hydrogen-bond acceptors (Lipinski definition) is 4. The summed E-state index contributed by atoms with van der Waals surface area (Å²) in [7, 11) is 1.28. The SMILES string of the molecule is COC(=O)Cc1ccccc1F.O=C(NO)C1(c2ccccc2F)CCCC1. The van der Waals surface area contributed by atoms with E-state index in [1.54, 1.807) is 41.9 Å². The number of carbonyl (C=O) groups excluding carboxylic acids is 2. The van der Waals surface area contributed by atoms with Gasteiger partial charge in [-0.2, -0.15) is 0 Å². The summed E-state index contributed by atoms with van der Waals surface area (Å²) in [5, 5.41) is 8.79. The average molecular weight is 391 g/mol. The highest BCUT2D eigenvalue weighted by Gasteiger charge is 2.44. The molecular weight excluding hydrogens is 368 g/mol. The molecule has 0 radical (unpaired) electrons. The van der Waals surface area contributed by atoms with E-state index in [0.29, 0.717) is 24.0 Å². The molecule has 0 atom stereocenters. The van der Waals surface area contributed by atoms with Crippen LogP contribution in [0.25, 0.3) is 0 Å². The Hall–Kier alpha value is -2.80. The Bertz CT molecular complexity index is 820. The highest BCUT2D eigenvalue weighted by molar-refractivity contribution is 5.87. The number of benzene rings is 2. The van der Waals surface area contributed by atoms with E-state index in [4.69, 9.17) is 5.21 Å². The van der Waals surface area contributed by atoms with E-state index >= 15 is 0 Å². The lowest BCUT2D eigenvalue weighted by molar-refractivity contribution is -0.139. The van der Waals surface area contributed by atoms with Crippen molar-refractivity contribution in [2.45, 2.75) is 37.5 Å². The van der Waals surface area contributed by atoms with Crippen molar-refractivity contribution in [2.75, 3.05) is 7.11 Å². The van der Waals surface area contributed by atoms with Crippen molar-refractivity contribution < 1.29 is 28.3 Å². The molecule has 5 nitrogen and oxygen atoms in total. The second-order valence-electron chi connectivity index (χ2n) is 6.55. The van der Waals surface area contributed by atoms with Gasteiger partial charge in [-0.15, -0.1) is 0 Å². The maximum Gasteiger partial charge on any atom is 0.310 e. The van der Waals surface area contributed by atoms with Gasteiger partial charge < -0.3 is 4.74 Å². The van der Waals surface area contributed by atoms with E-state index in [9.17, 15) is 18.4 Å². The van der Waals surface area contributed by atoms with Gasteiger partial charge in [-0.3, -0.25) is 14.8 Å².